The molecular formula is C19H21N5O6S. The number of benzene rings is 2. The normalized spacial score (nSPS) is 11.4. The molecule has 2 aromatic carbocycles. The molecule has 0 aliphatic carbocycles. The summed E-state index contributed by atoms with van der Waals surface area (Å²) in [7, 11) is 0.0904. The van der Waals surface area contributed by atoms with Gasteiger partial charge in [-0.3, -0.25) is 4.79 Å². The number of rotatable bonds is 9. The molecule has 0 amide bonds. The SMILES string of the molecule is COC(=O)CN(Cc1cc(OC)cc(OC)c1)S(=O)(=O)c1cccc(-n2cnnn2)c1. The molecule has 0 bridgehead atoms. The van der Waals surface area contributed by atoms with Crippen LogP contribution in [0.4, 0.5) is 0 Å². The lowest BCUT2D eigenvalue weighted by Crippen LogP contribution is -2.35. The quantitative estimate of drug-likeness (QED) is 0.442. The number of carbonyl (C=O) groups is 1. The van der Waals surface area contributed by atoms with Gasteiger partial charge in [0.2, 0.25) is 10.0 Å². The zero-order valence-electron chi connectivity index (χ0n) is 17.1. The van der Waals surface area contributed by atoms with Crippen molar-refractivity contribution in [2.45, 2.75) is 11.4 Å². The van der Waals surface area contributed by atoms with Gasteiger partial charge in [-0.05, 0) is 46.3 Å². The van der Waals surface area contributed by atoms with Gasteiger partial charge >= 0.3 is 5.97 Å². The number of sulfonamides is 1. The smallest absolute Gasteiger partial charge is 0.321 e. The van der Waals surface area contributed by atoms with E-state index in [0.717, 1.165) is 4.31 Å². The maximum Gasteiger partial charge on any atom is 0.321 e. The van der Waals surface area contributed by atoms with Crippen molar-refractivity contribution in [3.05, 3.63) is 54.4 Å². The summed E-state index contributed by atoms with van der Waals surface area (Å²) < 4.78 is 44.4. The molecule has 0 saturated heterocycles. The van der Waals surface area contributed by atoms with Crippen LogP contribution < -0.4 is 9.47 Å². The van der Waals surface area contributed by atoms with Crippen LogP contribution in [0, 0.1) is 0 Å². The Morgan fingerprint density at radius 2 is 1.77 bits per heavy atom. The average molecular weight is 447 g/mol. The van der Waals surface area contributed by atoms with Crippen LogP contribution in [0.25, 0.3) is 5.69 Å². The van der Waals surface area contributed by atoms with Crippen LogP contribution in [-0.2, 0) is 26.1 Å². The second-order valence-electron chi connectivity index (χ2n) is 6.32. The molecule has 3 rings (SSSR count). The number of carbonyl (C=O) groups excluding carboxylic acids is 1. The highest BCUT2D eigenvalue weighted by atomic mass is 32.2. The molecule has 0 spiro atoms. The Balaban J connectivity index is 2.00. The van der Waals surface area contributed by atoms with Gasteiger partial charge in [-0.2, -0.15) is 4.31 Å². The van der Waals surface area contributed by atoms with E-state index in [1.165, 1.54) is 44.5 Å². The molecule has 0 radical (unpaired) electrons. The molecule has 0 saturated carbocycles. The zero-order chi connectivity index (χ0) is 22.4. The Bertz CT molecular complexity index is 1130. The molecule has 12 heteroatoms. The predicted molar refractivity (Wildman–Crippen MR) is 108 cm³/mol. The summed E-state index contributed by atoms with van der Waals surface area (Å²) in [4.78, 5) is 12.0. The molecule has 1 heterocycles. The predicted octanol–water partition coefficient (Wildman–Crippen LogP) is 1.04. The maximum atomic E-state index is 13.4. The first-order chi connectivity index (χ1) is 14.9. The summed E-state index contributed by atoms with van der Waals surface area (Å²) in [6, 6.07) is 11.1. The van der Waals surface area contributed by atoms with E-state index < -0.39 is 22.5 Å². The van der Waals surface area contributed by atoms with Crippen molar-refractivity contribution in [1.82, 2.24) is 24.5 Å². The second kappa shape index (κ2) is 9.53. The van der Waals surface area contributed by atoms with Gasteiger partial charge in [0.05, 0.1) is 31.9 Å². The largest absolute Gasteiger partial charge is 0.497 e. The van der Waals surface area contributed by atoms with Gasteiger partial charge in [-0.1, -0.05) is 6.07 Å². The minimum Gasteiger partial charge on any atom is -0.497 e. The van der Waals surface area contributed by atoms with Crippen molar-refractivity contribution in [2.24, 2.45) is 0 Å². The lowest BCUT2D eigenvalue weighted by molar-refractivity contribution is -0.140. The number of ether oxygens (including phenoxy) is 3. The van der Waals surface area contributed by atoms with Gasteiger partial charge in [-0.15, -0.1) is 5.10 Å². The van der Waals surface area contributed by atoms with Crippen molar-refractivity contribution in [2.75, 3.05) is 27.9 Å². The Labute approximate surface area is 179 Å². The van der Waals surface area contributed by atoms with Gasteiger partial charge in [0.15, 0.2) is 0 Å². The van der Waals surface area contributed by atoms with E-state index in [-0.39, 0.29) is 11.4 Å². The van der Waals surface area contributed by atoms with E-state index in [4.69, 9.17) is 14.2 Å². The van der Waals surface area contributed by atoms with Crippen molar-refractivity contribution in [1.29, 1.82) is 0 Å². The van der Waals surface area contributed by atoms with E-state index in [0.29, 0.717) is 22.7 Å². The molecule has 3 aromatic rings. The fourth-order valence-electron chi connectivity index (χ4n) is 2.81. The molecule has 0 fully saturated rings. The van der Waals surface area contributed by atoms with Gasteiger partial charge in [0.25, 0.3) is 0 Å². The summed E-state index contributed by atoms with van der Waals surface area (Å²) >= 11 is 0. The van der Waals surface area contributed by atoms with E-state index in [9.17, 15) is 13.2 Å². The lowest BCUT2D eigenvalue weighted by atomic mass is 10.2. The highest BCUT2D eigenvalue weighted by Crippen LogP contribution is 2.26. The number of hydrogen-bond donors (Lipinski definition) is 0. The van der Waals surface area contributed by atoms with Gasteiger partial charge < -0.3 is 14.2 Å². The number of hydrogen-bond acceptors (Lipinski definition) is 9. The molecule has 1 aromatic heterocycles. The Morgan fingerprint density at radius 1 is 1.06 bits per heavy atom. The van der Waals surface area contributed by atoms with Crippen molar-refractivity contribution in [3.63, 3.8) is 0 Å². The van der Waals surface area contributed by atoms with Crippen molar-refractivity contribution in [3.8, 4) is 17.2 Å². The Morgan fingerprint density at radius 3 is 2.35 bits per heavy atom. The molecule has 0 N–H and O–H groups in total. The maximum absolute atomic E-state index is 13.4. The first-order valence-electron chi connectivity index (χ1n) is 8.99. The first kappa shape index (κ1) is 22.2. The van der Waals surface area contributed by atoms with Crippen molar-refractivity contribution >= 4 is 16.0 Å². The highest BCUT2D eigenvalue weighted by molar-refractivity contribution is 7.89. The summed E-state index contributed by atoms with van der Waals surface area (Å²) in [6.45, 7) is -0.590. The summed E-state index contributed by atoms with van der Waals surface area (Å²) in [5, 5.41) is 10.9. The second-order valence-corrected chi connectivity index (χ2v) is 8.26. The van der Waals surface area contributed by atoms with Crippen LogP contribution in [-0.4, -0.2) is 66.8 Å². The number of methoxy groups -OCH3 is 3. The van der Waals surface area contributed by atoms with E-state index in [1.54, 1.807) is 30.3 Å². The Kier molecular flexibility index (Phi) is 6.82. The number of aromatic nitrogens is 4. The van der Waals surface area contributed by atoms with Gasteiger partial charge in [0.1, 0.15) is 24.4 Å². The molecule has 0 atom stereocenters. The number of nitrogens with zero attached hydrogens (tertiary/aromatic N) is 5. The first-order valence-corrected chi connectivity index (χ1v) is 10.4. The highest BCUT2D eigenvalue weighted by Gasteiger charge is 2.28. The fourth-order valence-corrected chi connectivity index (χ4v) is 4.22. The molecular weight excluding hydrogens is 426 g/mol. The third-order valence-corrected chi connectivity index (χ3v) is 6.16. The van der Waals surface area contributed by atoms with E-state index in [2.05, 4.69) is 15.5 Å². The topological polar surface area (TPSA) is 126 Å². The molecule has 0 aliphatic rings. The van der Waals surface area contributed by atoms with Crippen LogP contribution in [0.15, 0.2) is 53.7 Å². The van der Waals surface area contributed by atoms with Crippen LogP contribution >= 0.6 is 0 Å². The van der Waals surface area contributed by atoms with Crippen LogP contribution in [0.1, 0.15) is 5.56 Å². The summed E-state index contributed by atoms with van der Waals surface area (Å²) in [5.41, 5.74) is 1.02. The molecule has 11 nitrogen and oxygen atoms in total. The van der Waals surface area contributed by atoms with Crippen LogP contribution in [0.3, 0.4) is 0 Å². The monoisotopic (exact) mass is 447 g/mol. The number of esters is 1. The molecule has 164 valence electrons. The summed E-state index contributed by atoms with van der Waals surface area (Å²) in [6.07, 6.45) is 1.35. The summed E-state index contributed by atoms with van der Waals surface area (Å²) in [5.74, 6) is 0.283. The fraction of sp³-hybridized carbons (Fsp3) is 0.263. The standard InChI is InChI=1S/C19H21N5O6S/c1-28-16-7-14(8-17(10-16)29-2)11-23(12-19(25)30-3)31(26,27)18-6-4-5-15(9-18)24-13-20-21-22-24/h4-10,13H,11-12H2,1-3H3. The zero-order valence-corrected chi connectivity index (χ0v) is 17.9. The van der Waals surface area contributed by atoms with Crippen LogP contribution in [0.5, 0.6) is 11.5 Å². The third-order valence-electron chi connectivity index (χ3n) is 4.37. The van der Waals surface area contributed by atoms with E-state index >= 15 is 0 Å². The van der Waals surface area contributed by atoms with Crippen LogP contribution in [0.2, 0.25) is 0 Å². The average Bonchev–Trinajstić information content (AvgIpc) is 3.33. The minimum atomic E-state index is -4.09. The number of tetrazole rings is 1. The van der Waals surface area contributed by atoms with E-state index in [1.807, 2.05) is 0 Å². The minimum absolute atomic E-state index is 0.0285. The Hall–Kier alpha value is -3.51. The lowest BCUT2D eigenvalue weighted by Gasteiger charge is -2.22. The van der Waals surface area contributed by atoms with Gasteiger partial charge in [-0.25, -0.2) is 13.1 Å². The third kappa shape index (κ3) is 5.16. The molecule has 31 heavy (non-hydrogen) atoms. The van der Waals surface area contributed by atoms with Gasteiger partial charge in [0, 0.05) is 12.6 Å². The molecule has 0 aliphatic heterocycles. The molecule has 0 unspecified atom stereocenters. The van der Waals surface area contributed by atoms with Crippen molar-refractivity contribution < 1.29 is 27.4 Å².